The fourth-order valence-electron chi connectivity index (χ4n) is 0. The molecule has 19 heavy (non-hydrogen) atoms. The number of amides is 1. The zero-order valence-corrected chi connectivity index (χ0v) is 10.3. The van der Waals surface area contributed by atoms with Gasteiger partial charge in [-0.3, -0.25) is 4.79 Å². The lowest BCUT2D eigenvalue weighted by Crippen LogP contribution is -2.04. The van der Waals surface area contributed by atoms with Gasteiger partial charge in [0.15, 0.2) is 0 Å². The van der Waals surface area contributed by atoms with Crippen LogP contribution in [0.2, 0.25) is 0 Å². The van der Waals surface area contributed by atoms with E-state index in [-0.39, 0.29) is 0 Å². The van der Waals surface area contributed by atoms with Crippen molar-refractivity contribution >= 4 is 17.8 Å². The van der Waals surface area contributed by atoms with E-state index in [2.05, 4.69) is 32.0 Å². The Labute approximate surface area is 111 Å². The van der Waals surface area contributed by atoms with Crippen molar-refractivity contribution in [2.75, 3.05) is 0 Å². The number of primary amides is 1. The van der Waals surface area contributed by atoms with E-state index in [9.17, 15) is 14.4 Å². The zero-order valence-electron chi connectivity index (χ0n) is 10.3. The van der Waals surface area contributed by atoms with Crippen LogP contribution < -0.4 is 5.73 Å². The molecule has 0 saturated heterocycles. The molecule has 0 saturated carbocycles. The lowest BCUT2D eigenvalue weighted by molar-refractivity contribution is -0.132. The maximum atomic E-state index is 9.47. The number of hydrogen-bond acceptors (Lipinski definition) is 4. The second-order valence-electron chi connectivity index (χ2n) is 2.02. The molecule has 0 aromatic rings. The van der Waals surface area contributed by atoms with Gasteiger partial charge < -0.3 is 15.9 Å². The number of rotatable bonds is 3. The summed E-state index contributed by atoms with van der Waals surface area (Å²) in [5.41, 5.74) is 4.53. The highest BCUT2D eigenvalue weighted by atomic mass is 16.4. The quantitative estimate of drug-likeness (QED) is 0.512. The number of carboxylic acid groups (broad SMARTS) is 2. The topological polar surface area (TPSA) is 141 Å². The molecular formula is C12H16N2O5. The Morgan fingerprint density at radius 2 is 1.11 bits per heavy atom. The second-order valence-corrected chi connectivity index (χ2v) is 2.02. The molecule has 0 aliphatic rings. The van der Waals surface area contributed by atoms with Crippen molar-refractivity contribution in [1.29, 1.82) is 5.26 Å². The van der Waals surface area contributed by atoms with Crippen molar-refractivity contribution in [3.8, 4) is 6.07 Å². The molecule has 1 amide bonds. The average Bonchev–Trinajstić information content (AvgIpc) is 2.40. The van der Waals surface area contributed by atoms with Crippen LogP contribution >= 0.6 is 0 Å². The first-order valence-electron chi connectivity index (χ1n) is 4.36. The van der Waals surface area contributed by atoms with Crippen molar-refractivity contribution in [3.63, 3.8) is 0 Å². The fourth-order valence-corrected chi connectivity index (χ4v) is 0. The molecule has 4 N–H and O–H groups in total. The van der Waals surface area contributed by atoms with Crippen molar-refractivity contribution < 1.29 is 24.6 Å². The molecule has 0 unspecified atom stereocenters. The van der Waals surface area contributed by atoms with Gasteiger partial charge in [0.05, 0.1) is 6.07 Å². The lowest BCUT2D eigenvalue weighted by Gasteiger charge is -1.65. The summed E-state index contributed by atoms with van der Waals surface area (Å²) in [6.45, 7) is 12.1. The van der Waals surface area contributed by atoms with Crippen molar-refractivity contribution in [1.82, 2.24) is 0 Å². The summed E-state index contributed by atoms with van der Waals surface area (Å²) in [6.07, 6.45) is 3.90. The molecule has 0 aromatic heterocycles. The molecule has 7 nitrogen and oxygen atoms in total. The molecule has 0 rings (SSSR count). The van der Waals surface area contributed by atoms with E-state index < -0.39 is 17.8 Å². The van der Waals surface area contributed by atoms with Gasteiger partial charge >= 0.3 is 11.9 Å². The van der Waals surface area contributed by atoms with E-state index in [0.29, 0.717) is 0 Å². The number of allylic oxidation sites excluding steroid dienone is 1. The Balaban J connectivity index is -0.0000000793. The van der Waals surface area contributed by atoms with Crippen molar-refractivity contribution in [2.45, 2.75) is 0 Å². The van der Waals surface area contributed by atoms with Gasteiger partial charge in [-0.15, -0.1) is 0 Å². The number of nitrogens with two attached hydrogens (primary N) is 1. The van der Waals surface area contributed by atoms with Gasteiger partial charge in [-0.1, -0.05) is 26.3 Å². The third-order valence-corrected chi connectivity index (χ3v) is 0.642. The SMILES string of the molecule is C=CC#N.C=CC(=O)O.C=CC(=O)O.C=CC(N)=O. The molecule has 7 heteroatoms. The van der Waals surface area contributed by atoms with Crippen LogP contribution in [0.25, 0.3) is 0 Å². The molecule has 104 valence electrons. The number of hydrogen-bond donors (Lipinski definition) is 3. The smallest absolute Gasteiger partial charge is 0.327 e. The van der Waals surface area contributed by atoms with Crippen LogP contribution in [0.15, 0.2) is 50.6 Å². The van der Waals surface area contributed by atoms with Crippen LogP contribution in [-0.4, -0.2) is 28.1 Å². The average molecular weight is 268 g/mol. The van der Waals surface area contributed by atoms with Gasteiger partial charge in [0.25, 0.3) is 0 Å². The standard InChI is InChI=1S/C3H5NO.C3H3N.2C3H4O2/c1-2-3(4)5;1-2-3-4;2*1-2-3(4)5/h2H,1H2,(H2,4,5);2H,1H2;2*2H,1H2,(H,4,5). The fraction of sp³-hybridized carbons (Fsp3) is 0. The Bertz CT molecular complexity index is 324. The lowest BCUT2D eigenvalue weighted by atomic mass is 10.6. The summed E-state index contributed by atoms with van der Waals surface area (Å²) in [4.78, 5) is 28.0. The Hall–Kier alpha value is -3.14. The predicted octanol–water partition coefficient (Wildman–Crippen LogP) is 0.868. The van der Waals surface area contributed by atoms with E-state index in [4.69, 9.17) is 15.5 Å². The first-order valence-corrected chi connectivity index (χ1v) is 4.36. The number of nitrogens with zero attached hydrogens (tertiary/aromatic N) is 1. The van der Waals surface area contributed by atoms with Crippen LogP contribution in [-0.2, 0) is 14.4 Å². The minimum absolute atomic E-state index is 0.481. The van der Waals surface area contributed by atoms with Gasteiger partial charge in [-0.2, -0.15) is 5.26 Å². The first kappa shape index (κ1) is 24.9. The highest BCUT2D eigenvalue weighted by molar-refractivity contribution is 5.85. The van der Waals surface area contributed by atoms with E-state index >= 15 is 0 Å². The van der Waals surface area contributed by atoms with Crippen LogP contribution in [0.1, 0.15) is 0 Å². The first-order chi connectivity index (χ1) is 8.72. The summed E-state index contributed by atoms with van der Waals surface area (Å²) < 4.78 is 0. The minimum atomic E-state index is -0.981. The van der Waals surface area contributed by atoms with Gasteiger partial charge in [-0.05, 0) is 6.08 Å². The van der Waals surface area contributed by atoms with Crippen molar-refractivity contribution in [2.24, 2.45) is 5.73 Å². The van der Waals surface area contributed by atoms with E-state index in [1.165, 1.54) is 6.08 Å². The molecule has 0 fully saturated rings. The van der Waals surface area contributed by atoms with Gasteiger partial charge in [-0.25, -0.2) is 9.59 Å². The maximum absolute atomic E-state index is 9.47. The van der Waals surface area contributed by atoms with Crippen LogP contribution in [0.4, 0.5) is 0 Å². The highest BCUT2D eigenvalue weighted by Gasteiger charge is 1.73. The zero-order chi connectivity index (χ0) is 16.3. The number of aliphatic carboxylic acids is 2. The van der Waals surface area contributed by atoms with E-state index in [0.717, 1.165) is 18.2 Å². The predicted molar refractivity (Wildman–Crippen MR) is 70.9 cm³/mol. The van der Waals surface area contributed by atoms with Gasteiger partial charge in [0.1, 0.15) is 0 Å². The number of carboxylic acids is 2. The monoisotopic (exact) mass is 268 g/mol. The number of carbonyl (C=O) groups excluding carboxylic acids is 1. The van der Waals surface area contributed by atoms with E-state index in [1.807, 2.05) is 0 Å². The Morgan fingerprint density at radius 3 is 1.11 bits per heavy atom. The largest absolute Gasteiger partial charge is 0.478 e. The molecule has 0 bridgehead atoms. The molecule has 0 radical (unpaired) electrons. The molecule has 0 aliphatic heterocycles. The van der Waals surface area contributed by atoms with Crippen LogP contribution in [0.5, 0.6) is 0 Å². The summed E-state index contributed by atoms with van der Waals surface area (Å²) in [5.74, 6) is -2.44. The third kappa shape index (κ3) is 165. The number of carbonyl (C=O) groups is 3. The van der Waals surface area contributed by atoms with Gasteiger partial charge in [0.2, 0.25) is 5.91 Å². The van der Waals surface area contributed by atoms with Crippen LogP contribution in [0.3, 0.4) is 0 Å². The molecule has 0 atom stereocenters. The summed E-state index contributed by atoms with van der Waals surface area (Å²) in [7, 11) is 0. The van der Waals surface area contributed by atoms with Crippen molar-refractivity contribution in [3.05, 3.63) is 50.6 Å². The van der Waals surface area contributed by atoms with E-state index in [1.54, 1.807) is 6.07 Å². The molecular weight excluding hydrogens is 252 g/mol. The number of nitriles is 1. The summed E-state index contributed by atoms with van der Waals surface area (Å²) in [5, 5.41) is 22.7. The molecule has 0 heterocycles. The van der Waals surface area contributed by atoms with Crippen LogP contribution in [0, 0.1) is 11.3 Å². The highest BCUT2D eigenvalue weighted by Crippen LogP contribution is 1.55. The second kappa shape index (κ2) is 24.2. The Kier molecular flexibility index (Phi) is 31.7. The summed E-state index contributed by atoms with van der Waals surface area (Å²) >= 11 is 0. The third-order valence-electron chi connectivity index (χ3n) is 0.642. The maximum Gasteiger partial charge on any atom is 0.327 e. The normalized spacial score (nSPS) is 5.84. The Morgan fingerprint density at radius 1 is 0.947 bits per heavy atom. The summed E-state index contributed by atoms with van der Waals surface area (Å²) in [6, 6.07) is 1.69. The molecule has 0 spiro atoms. The van der Waals surface area contributed by atoms with Gasteiger partial charge in [0, 0.05) is 18.2 Å². The molecule has 0 aromatic carbocycles. The molecule has 0 aliphatic carbocycles. The minimum Gasteiger partial charge on any atom is -0.478 e.